The Kier molecular flexibility index (Phi) is 11.5. The molecule has 19 heteroatoms. The van der Waals surface area contributed by atoms with E-state index in [1.54, 1.807) is 0 Å². The molecular weight excluding hydrogens is 568 g/mol. The van der Waals surface area contributed by atoms with E-state index < -0.39 is 123 Å². The van der Waals surface area contributed by atoms with E-state index in [9.17, 15) is 35.7 Å². The van der Waals surface area contributed by atoms with Crippen LogP contribution in [0.15, 0.2) is 0 Å². The first-order valence-corrected chi connectivity index (χ1v) is 13.9. The van der Waals surface area contributed by atoms with E-state index in [1.165, 1.54) is 0 Å². The van der Waals surface area contributed by atoms with Crippen molar-refractivity contribution in [1.29, 1.82) is 0 Å². The molecule has 3 aliphatic heterocycles. The number of ether oxygens (including phenoxy) is 6. The number of nitrogens with two attached hydrogens (primary N) is 6. The van der Waals surface area contributed by atoms with Crippen LogP contribution in [0.25, 0.3) is 0 Å². The maximum absolute atomic E-state index is 11.1. The number of aliphatic hydroxyl groups is 7. The van der Waals surface area contributed by atoms with E-state index in [-0.39, 0.29) is 19.5 Å². The third-order valence-corrected chi connectivity index (χ3v) is 8.37. The molecule has 4 fully saturated rings. The van der Waals surface area contributed by atoms with Crippen LogP contribution >= 0.6 is 0 Å². The second kappa shape index (κ2) is 14.1. The fourth-order valence-electron chi connectivity index (χ4n) is 5.74. The predicted octanol–water partition coefficient (Wildman–Crippen LogP) is -8.90. The maximum Gasteiger partial charge on any atom is 0.187 e. The van der Waals surface area contributed by atoms with E-state index in [0.717, 1.165) is 0 Å². The molecule has 42 heavy (non-hydrogen) atoms. The molecule has 3 heterocycles. The number of aliphatic hydroxyl groups excluding tert-OH is 7. The molecule has 0 aromatic heterocycles. The molecule has 0 bridgehead atoms. The zero-order valence-electron chi connectivity index (χ0n) is 22.8. The standard InChI is InChI=1S/C23H46N6O13/c24-2-7-13(32)15(34)10(28)21(37-7)40-18-6(27)1-5(26)12(31)20(18)42-23-17(36)19(9(4-30)39-23)41-22-11(29)16(35)14(33)8(3-25)38-22/h5-23,30-36H,1-4,24-29H2/t5-,6+,7-,8+,9-,10+,11-,12-,13-,14-,15-,16+,17+,18+,19+,20-,21-,22-,23+/m1/s1. The Balaban J connectivity index is 1.50. The fraction of sp³-hybridized carbons (Fsp3) is 1.00. The Morgan fingerprint density at radius 2 is 0.976 bits per heavy atom. The van der Waals surface area contributed by atoms with E-state index in [1.807, 2.05) is 0 Å². The molecular formula is C23H46N6O13. The highest BCUT2D eigenvalue weighted by molar-refractivity contribution is 5.02. The normalized spacial score (nSPS) is 53.8. The Bertz CT molecular complexity index is 868. The summed E-state index contributed by atoms with van der Waals surface area (Å²) in [5.41, 5.74) is 35.6. The lowest BCUT2D eigenvalue weighted by atomic mass is 9.84. The van der Waals surface area contributed by atoms with Gasteiger partial charge >= 0.3 is 0 Å². The van der Waals surface area contributed by atoms with Crippen LogP contribution in [0.5, 0.6) is 0 Å². The molecule has 1 saturated carbocycles. The van der Waals surface area contributed by atoms with Crippen LogP contribution in [0.3, 0.4) is 0 Å². The lowest BCUT2D eigenvalue weighted by molar-refractivity contribution is -0.306. The van der Waals surface area contributed by atoms with Crippen molar-refractivity contribution in [2.75, 3.05) is 19.7 Å². The van der Waals surface area contributed by atoms with Crippen molar-refractivity contribution in [2.24, 2.45) is 34.4 Å². The largest absolute Gasteiger partial charge is 0.394 e. The number of hydrogen-bond donors (Lipinski definition) is 13. The smallest absolute Gasteiger partial charge is 0.187 e. The summed E-state index contributed by atoms with van der Waals surface area (Å²) >= 11 is 0. The van der Waals surface area contributed by atoms with Crippen molar-refractivity contribution in [2.45, 2.75) is 123 Å². The van der Waals surface area contributed by atoms with Crippen LogP contribution in [-0.4, -0.2) is 172 Å². The van der Waals surface area contributed by atoms with E-state index >= 15 is 0 Å². The van der Waals surface area contributed by atoms with Crippen LogP contribution in [0.1, 0.15) is 6.42 Å². The monoisotopic (exact) mass is 614 g/mol. The lowest BCUT2D eigenvalue weighted by Gasteiger charge is -2.47. The summed E-state index contributed by atoms with van der Waals surface area (Å²) in [7, 11) is 0. The van der Waals surface area contributed by atoms with Crippen LogP contribution in [0, 0.1) is 0 Å². The minimum absolute atomic E-state index is 0.0889. The first-order valence-electron chi connectivity index (χ1n) is 13.9. The summed E-state index contributed by atoms with van der Waals surface area (Å²) in [4.78, 5) is 0. The highest BCUT2D eigenvalue weighted by Crippen LogP contribution is 2.34. The molecule has 3 saturated heterocycles. The number of rotatable bonds is 9. The maximum atomic E-state index is 11.1. The summed E-state index contributed by atoms with van der Waals surface area (Å²) in [5, 5.41) is 73.0. The molecule has 19 N–H and O–H groups in total. The zero-order chi connectivity index (χ0) is 31.0. The fourth-order valence-corrected chi connectivity index (χ4v) is 5.74. The quantitative estimate of drug-likeness (QED) is 0.115. The van der Waals surface area contributed by atoms with Gasteiger partial charge < -0.3 is 98.6 Å². The highest BCUT2D eigenvalue weighted by atomic mass is 16.8. The predicted molar refractivity (Wildman–Crippen MR) is 138 cm³/mol. The van der Waals surface area contributed by atoms with Crippen molar-refractivity contribution >= 4 is 0 Å². The Labute approximate surface area is 241 Å². The van der Waals surface area contributed by atoms with Crippen molar-refractivity contribution < 1.29 is 64.2 Å². The van der Waals surface area contributed by atoms with Crippen molar-refractivity contribution in [3.05, 3.63) is 0 Å². The van der Waals surface area contributed by atoms with E-state index in [4.69, 9.17) is 62.8 Å². The third kappa shape index (κ3) is 6.60. The Hall–Kier alpha value is -0.760. The van der Waals surface area contributed by atoms with Gasteiger partial charge in [0.25, 0.3) is 0 Å². The van der Waals surface area contributed by atoms with Crippen LogP contribution in [-0.2, 0) is 28.4 Å². The molecule has 0 unspecified atom stereocenters. The molecule has 0 radical (unpaired) electrons. The first-order chi connectivity index (χ1) is 19.8. The Morgan fingerprint density at radius 3 is 1.45 bits per heavy atom. The topological polar surface area (TPSA) is 353 Å². The van der Waals surface area contributed by atoms with Crippen molar-refractivity contribution in [3.8, 4) is 0 Å². The van der Waals surface area contributed by atoms with E-state index in [2.05, 4.69) is 0 Å². The first kappa shape index (κ1) is 34.1. The molecule has 19 nitrogen and oxygen atoms in total. The van der Waals surface area contributed by atoms with Crippen LogP contribution in [0.2, 0.25) is 0 Å². The summed E-state index contributed by atoms with van der Waals surface area (Å²) in [5.74, 6) is 0. The van der Waals surface area contributed by atoms with Gasteiger partial charge in [-0.2, -0.15) is 0 Å². The Morgan fingerprint density at radius 1 is 0.524 bits per heavy atom. The average molecular weight is 615 g/mol. The third-order valence-electron chi connectivity index (χ3n) is 8.37. The van der Waals surface area contributed by atoms with E-state index in [0.29, 0.717) is 0 Å². The summed E-state index contributed by atoms with van der Waals surface area (Å²) in [6.07, 6.45) is -19.8. The SMILES string of the molecule is NC[C@@H]1O[C@H](O[C@@H]2[C@H](O)[C@H](O[C@@H]3[C@H](O)[C@H](N)C[C@H](N)[C@@H]3O[C@H]3O[C@H](CN)[C@@H](O)[C@H](O)[C@@H]3N)O[C@@H]2CO)[C@H](N)[C@H](O)[C@@H]1O. The van der Waals surface area contributed by atoms with Crippen molar-refractivity contribution in [3.63, 3.8) is 0 Å². The minimum atomic E-state index is -1.60. The zero-order valence-corrected chi connectivity index (χ0v) is 22.8. The van der Waals surface area contributed by atoms with Gasteiger partial charge in [0.1, 0.15) is 67.1 Å². The molecule has 19 atom stereocenters. The van der Waals surface area contributed by atoms with Gasteiger partial charge in [0.15, 0.2) is 18.9 Å². The van der Waals surface area contributed by atoms with Gasteiger partial charge in [-0.25, -0.2) is 0 Å². The molecule has 0 aromatic rings. The molecule has 4 rings (SSSR count). The van der Waals surface area contributed by atoms with Gasteiger partial charge in [0, 0.05) is 25.2 Å². The van der Waals surface area contributed by atoms with Gasteiger partial charge in [-0.3, -0.25) is 0 Å². The molecule has 1 aliphatic carbocycles. The minimum Gasteiger partial charge on any atom is -0.394 e. The van der Waals surface area contributed by atoms with Crippen molar-refractivity contribution in [1.82, 2.24) is 0 Å². The second-order valence-electron chi connectivity index (χ2n) is 11.2. The van der Waals surface area contributed by atoms with Crippen LogP contribution < -0.4 is 34.4 Å². The highest BCUT2D eigenvalue weighted by Gasteiger charge is 2.54. The second-order valence-corrected chi connectivity index (χ2v) is 11.2. The molecule has 4 aliphatic rings. The molecule has 0 aromatic carbocycles. The lowest BCUT2D eigenvalue weighted by Crippen LogP contribution is -2.68. The van der Waals surface area contributed by atoms with Gasteiger partial charge in [-0.15, -0.1) is 0 Å². The van der Waals surface area contributed by atoms with Crippen LogP contribution in [0.4, 0.5) is 0 Å². The summed E-state index contributed by atoms with van der Waals surface area (Å²) < 4.78 is 34.6. The molecule has 0 amide bonds. The van der Waals surface area contributed by atoms with Gasteiger partial charge in [0.2, 0.25) is 0 Å². The van der Waals surface area contributed by atoms with Gasteiger partial charge in [-0.1, -0.05) is 0 Å². The molecule has 0 spiro atoms. The molecule has 246 valence electrons. The van der Waals surface area contributed by atoms with Gasteiger partial charge in [-0.05, 0) is 6.42 Å². The number of hydrogen-bond acceptors (Lipinski definition) is 19. The summed E-state index contributed by atoms with van der Waals surface area (Å²) in [6.45, 7) is -0.967. The summed E-state index contributed by atoms with van der Waals surface area (Å²) in [6, 6.07) is -4.18. The van der Waals surface area contributed by atoms with Gasteiger partial charge in [0.05, 0.1) is 24.8 Å². The average Bonchev–Trinajstić information content (AvgIpc) is 3.27.